The molecule has 3 heterocycles. The lowest BCUT2D eigenvalue weighted by Gasteiger charge is -2.16. The zero-order valence-electron chi connectivity index (χ0n) is 19.4. The number of carbonyl (C=O) groups excluding carboxylic acids is 1. The van der Waals surface area contributed by atoms with Crippen molar-refractivity contribution in [2.75, 3.05) is 11.1 Å². The first kappa shape index (κ1) is 24.5. The number of hydrogen-bond donors (Lipinski definition) is 2. The number of nitrogen functional groups attached to an aromatic ring is 1. The maximum Gasteiger partial charge on any atom is 0.224 e. The summed E-state index contributed by atoms with van der Waals surface area (Å²) in [7, 11) is 0. The van der Waals surface area contributed by atoms with E-state index >= 15 is 4.39 Å². The predicted molar refractivity (Wildman–Crippen MR) is 138 cm³/mol. The molecule has 2 aromatic heterocycles. The van der Waals surface area contributed by atoms with Crippen LogP contribution in [0.5, 0.6) is 0 Å². The summed E-state index contributed by atoms with van der Waals surface area (Å²) in [6.07, 6.45) is 5.46. The van der Waals surface area contributed by atoms with Gasteiger partial charge < -0.3 is 11.1 Å². The van der Waals surface area contributed by atoms with Gasteiger partial charge in [0.25, 0.3) is 0 Å². The molecule has 0 fully saturated rings. The molecule has 1 amide bonds. The average molecular weight is 521 g/mol. The second-order valence-corrected chi connectivity index (χ2v) is 8.96. The second-order valence-electron chi connectivity index (χ2n) is 8.56. The van der Waals surface area contributed by atoms with E-state index in [1.807, 2.05) is 0 Å². The number of benzene rings is 2. The Bertz CT molecular complexity index is 1550. The lowest BCUT2D eigenvalue weighted by Crippen LogP contribution is -2.12. The van der Waals surface area contributed by atoms with Gasteiger partial charge in [-0.2, -0.15) is 0 Å². The highest BCUT2D eigenvalue weighted by Crippen LogP contribution is 2.36. The molecule has 37 heavy (non-hydrogen) atoms. The van der Waals surface area contributed by atoms with E-state index in [0.717, 1.165) is 6.20 Å². The van der Waals surface area contributed by atoms with Gasteiger partial charge in [-0.1, -0.05) is 23.7 Å². The number of halogens is 4. The number of pyridine rings is 2. The number of anilines is 2. The van der Waals surface area contributed by atoms with E-state index in [-0.39, 0.29) is 39.9 Å². The van der Waals surface area contributed by atoms with Crippen LogP contribution in [0.4, 0.5) is 24.5 Å². The van der Waals surface area contributed by atoms with Crippen LogP contribution in [0.25, 0.3) is 28.0 Å². The molecule has 9 heteroatoms. The maximum atomic E-state index is 15.1. The molecule has 5 rings (SSSR count). The third-order valence-electron chi connectivity index (χ3n) is 6.09. The van der Waals surface area contributed by atoms with Gasteiger partial charge in [-0.3, -0.25) is 14.8 Å². The Kier molecular flexibility index (Phi) is 6.67. The van der Waals surface area contributed by atoms with Crippen molar-refractivity contribution >= 4 is 34.5 Å². The highest BCUT2D eigenvalue weighted by Gasteiger charge is 2.19. The monoisotopic (exact) mass is 520 g/mol. The van der Waals surface area contributed by atoms with E-state index < -0.39 is 17.5 Å². The minimum absolute atomic E-state index is 0.0672. The summed E-state index contributed by atoms with van der Waals surface area (Å²) in [4.78, 5) is 21.1. The molecule has 2 aromatic carbocycles. The molecule has 0 unspecified atom stereocenters. The molecule has 5 nitrogen and oxygen atoms in total. The number of amides is 1. The zero-order valence-corrected chi connectivity index (χ0v) is 20.1. The molecule has 1 aliphatic rings. The van der Waals surface area contributed by atoms with Crippen LogP contribution < -0.4 is 11.1 Å². The smallest absolute Gasteiger partial charge is 0.224 e. The molecule has 0 spiro atoms. The minimum Gasteiger partial charge on any atom is -0.398 e. The first-order valence-electron chi connectivity index (χ1n) is 11.5. The summed E-state index contributed by atoms with van der Waals surface area (Å²) in [5.41, 5.74) is 8.79. The van der Waals surface area contributed by atoms with Crippen molar-refractivity contribution in [3.05, 3.63) is 101 Å². The van der Waals surface area contributed by atoms with Gasteiger partial charge in [-0.15, -0.1) is 0 Å². The lowest BCUT2D eigenvalue weighted by atomic mass is 9.96. The Labute approximate surface area is 215 Å². The van der Waals surface area contributed by atoms with E-state index in [1.54, 1.807) is 18.2 Å². The average Bonchev–Trinajstić information content (AvgIpc) is 2.88. The molecule has 0 radical (unpaired) electrons. The predicted octanol–water partition coefficient (Wildman–Crippen LogP) is 7.02. The summed E-state index contributed by atoms with van der Waals surface area (Å²) in [5, 5.41) is 2.72. The van der Waals surface area contributed by atoms with Gasteiger partial charge >= 0.3 is 0 Å². The van der Waals surface area contributed by atoms with Gasteiger partial charge in [0.2, 0.25) is 5.91 Å². The van der Waals surface area contributed by atoms with Crippen molar-refractivity contribution in [1.29, 1.82) is 0 Å². The Morgan fingerprint density at radius 3 is 2.51 bits per heavy atom. The number of nitrogens with two attached hydrogens (primary N) is 1. The minimum atomic E-state index is -0.657. The fourth-order valence-corrected chi connectivity index (χ4v) is 4.42. The molecule has 0 saturated carbocycles. The first-order valence-corrected chi connectivity index (χ1v) is 11.9. The number of hydrogen-bond acceptors (Lipinski definition) is 4. The highest BCUT2D eigenvalue weighted by atomic mass is 35.5. The van der Waals surface area contributed by atoms with Gasteiger partial charge in [0, 0.05) is 46.1 Å². The van der Waals surface area contributed by atoms with Crippen LogP contribution in [0.3, 0.4) is 0 Å². The topological polar surface area (TPSA) is 80.9 Å². The number of allylic oxidation sites excluding steroid dienone is 1. The summed E-state index contributed by atoms with van der Waals surface area (Å²) < 4.78 is 43.9. The zero-order chi connectivity index (χ0) is 26.1. The van der Waals surface area contributed by atoms with Crippen LogP contribution in [0.2, 0.25) is 5.02 Å². The van der Waals surface area contributed by atoms with Crippen molar-refractivity contribution in [2.24, 2.45) is 0 Å². The number of fused-ring (bicyclic) bond motifs is 4. The van der Waals surface area contributed by atoms with Crippen molar-refractivity contribution in [2.45, 2.75) is 19.3 Å². The van der Waals surface area contributed by atoms with Crippen molar-refractivity contribution in [3.63, 3.8) is 0 Å². The van der Waals surface area contributed by atoms with Gasteiger partial charge in [0.1, 0.15) is 11.6 Å². The quantitative estimate of drug-likeness (QED) is 0.278. The van der Waals surface area contributed by atoms with Crippen molar-refractivity contribution in [3.8, 4) is 22.4 Å². The second kappa shape index (κ2) is 10.1. The molecule has 1 aliphatic heterocycles. The van der Waals surface area contributed by atoms with Crippen molar-refractivity contribution < 1.29 is 18.0 Å². The standard InChI is InChI=1S/C28H20ClF3N4O/c29-20-7-8-22(33)27(28(20)32)15-5-9-23(34-13-15)17-3-1-2-4-26(37)36-24-10-6-16(30)11-19(24)25-12-18(17)21(31)14-35-25/h3,5-14H,1-2,4,33H2,(H,36,37)/b17-3+. The van der Waals surface area contributed by atoms with Crippen LogP contribution in [-0.2, 0) is 4.79 Å². The van der Waals surface area contributed by atoms with Gasteiger partial charge in [-0.25, -0.2) is 13.2 Å². The summed E-state index contributed by atoms with van der Waals surface area (Å²) in [6, 6.07) is 11.6. The van der Waals surface area contributed by atoms with E-state index in [0.29, 0.717) is 40.9 Å². The van der Waals surface area contributed by atoms with E-state index in [4.69, 9.17) is 17.3 Å². The Morgan fingerprint density at radius 2 is 1.73 bits per heavy atom. The summed E-state index contributed by atoms with van der Waals surface area (Å²) in [5.74, 6) is -2.00. The van der Waals surface area contributed by atoms with Crippen LogP contribution >= 0.6 is 11.6 Å². The summed E-state index contributed by atoms with van der Waals surface area (Å²) >= 11 is 5.93. The van der Waals surface area contributed by atoms with Crippen LogP contribution in [-0.4, -0.2) is 15.9 Å². The molecule has 2 bridgehead atoms. The number of nitrogens with one attached hydrogen (secondary N) is 1. The van der Waals surface area contributed by atoms with Crippen LogP contribution in [0, 0.1) is 17.5 Å². The molecule has 0 aliphatic carbocycles. The summed E-state index contributed by atoms with van der Waals surface area (Å²) in [6.45, 7) is 0. The molecule has 4 aromatic rings. The highest BCUT2D eigenvalue weighted by molar-refractivity contribution is 6.31. The number of nitrogens with zero attached hydrogens (tertiary/aromatic N) is 2. The molecular weight excluding hydrogens is 501 g/mol. The van der Waals surface area contributed by atoms with E-state index in [9.17, 15) is 13.6 Å². The molecule has 186 valence electrons. The molecular formula is C28H20ClF3N4O. The third kappa shape index (κ3) is 4.93. The molecule has 3 N–H and O–H groups in total. The SMILES string of the molecule is Nc1ccc(Cl)c(F)c1-c1ccc(/C2=C/CCCC(=O)Nc3ccc(F)cc3-c3cc2c(F)cn3)nc1. The number of aromatic nitrogens is 2. The Morgan fingerprint density at radius 1 is 0.919 bits per heavy atom. The van der Waals surface area contributed by atoms with Gasteiger partial charge in [-0.05, 0) is 55.3 Å². The Balaban J connectivity index is 1.63. The largest absolute Gasteiger partial charge is 0.398 e. The molecule has 0 atom stereocenters. The number of rotatable bonds is 2. The van der Waals surface area contributed by atoms with Gasteiger partial charge in [0.05, 0.1) is 28.3 Å². The lowest BCUT2D eigenvalue weighted by molar-refractivity contribution is -0.116. The first-order chi connectivity index (χ1) is 17.8. The van der Waals surface area contributed by atoms with Crippen LogP contribution in [0.1, 0.15) is 30.5 Å². The van der Waals surface area contributed by atoms with Crippen LogP contribution in [0.15, 0.2) is 67.0 Å². The third-order valence-corrected chi connectivity index (χ3v) is 6.38. The van der Waals surface area contributed by atoms with Gasteiger partial charge in [0.15, 0.2) is 5.82 Å². The fraction of sp³-hybridized carbons (Fsp3) is 0.107. The molecule has 0 saturated heterocycles. The number of carbonyl (C=O) groups is 1. The van der Waals surface area contributed by atoms with Crippen molar-refractivity contribution in [1.82, 2.24) is 9.97 Å². The van der Waals surface area contributed by atoms with E-state index in [1.165, 1.54) is 42.6 Å². The maximum absolute atomic E-state index is 15.1. The fourth-order valence-electron chi connectivity index (χ4n) is 4.26. The Hall–Kier alpha value is -4.17. The van der Waals surface area contributed by atoms with E-state index in [2.05, 4.69) is 15.3 Å². The normalized spacial score (nSPS) is 15.0.